The SMILES string of the molecule is CCCCC/C=C/C1CCC(C2CCC(COC)CC2)CC1. The predicted molar refractivity (Wildman–Crippen MR) is 96.1 cm³/mol. The van der Waals surface area contributed by atoms with Gasteiger partial charge in [0.05, 0.1) is 0 Å². The lowest BCUT2D eigenvalue weighted by atomic mass is 9.69. The van der Waals surface area contributed by atoms with Crippen LogP contribution < -0.4 is 0 Å². The lowest BCUT2D eigenvalue weighted by Crippen LogP contribution is -2.26. The molecule has 0 heterocycles. The van der Waals surface area contributed by atoms with Gasteiger partial charge in [0.15, 0.2) is 0 Å². The van der Waals surface area contributed by atoms with E-state index < -0.39 is 0 Å². The van der Waals surface area contributed by atoms with Crippen molar-refractivity contribution in [2.24, 2.45) is 23.7 Å². The molecule has 0 N–H and O–H groups in total. The van der Waals surface area contributed by atoms with Gasteiger partial charge in [0.25, 0.3) is 0 Å². The molecule has 0 aromatic heterocycles. The van der Waals surface area contributed by atoms with E-state index in [4.69, 9.17) is 4.74 Å². The number of hydrogen-bond donors (Lipinski definition) is 0. The van der Waals surface area contributed by atoms with E-state index in [0.29, 0.717) is 0 Å². The number of unbranched alkanes of at least 4 members (excludes halogenated alkanes) is 3. The Labute approximate surface area is 138 Å². The standard InChI is InChI=1S/C21H38O/c1-3-4-5-6-7-8-18-9-13-20(14-10-18)21-15-11-19(12-16-21)17-22-2/h7-8,18-21H,3-6,9-17H2,1-2H3/b8-7+. The van der Waals surface area contributed by atoms with Crippen LogP contribution in [0.15, 0.2) is 12.2 Å². The van der Waals surface area contributed by atoms with Crippen LogP contribution in [0.2, 0.25) is 0 Å². The zero-order valence-corrected chi connectivity index (χ0v) is 15.1. The van der Waals surface area contributed by atoms with Crippen LogP contribution in [0.25, 0.3) is 0 Å². The topological polar surface area (TPSA) is 9.23 Å². The second-order valence-corrected chi connectivity index (χ2v) is 7.83. The van der Waals surface area contributed by atoms with Crippen molar-refractivity contribution in [2.75, 3.05) is 13.7 Å². The Morgan fingerprint density at radius 1 is 0.864 bits per heavy atom. The van der Waals surface area contributed by atoms with Crippen molar-refractivity contribution >= 4 is 0 Å². The van der Waals surface area contributed by atoms with E-state index in [-0.39, 0.29) is 0 Å². The van der Waals surface area contributed by atoms with E-state index in [0.717, 1.165) is 30.3 Å². The number of hydrogen-bond acceptors (Lipinski definition) is 1. The van der Waals surface area contributed by atoms with Crippen LogP contribution >= 0.6 is 0 Å². The average Bonchev–Trinajstić information content (AvgIpc) is 2.56. The molecule has 128 valence electrons. The minimum atomic E-state index is 0.851. The van der Waals surface area contributed by atoms with Crippen LogP contribution in [0.4, 0.5) is 0 Å². The van der Waals surface area contributed by atoms with Crippen LogP contribution in [-0.4, -0.2) is 13.7 Å². The molecule has 0 atom stereocenters. The normalized spacial score (nSPS) is 33.4. The van der Waals surface area contributed by atoms with Gasteiger partial charge in [0.1, 0.15) is 0 Å². The van der Waals surface area contributed by atoms with Gasteiger partial charge in [-0.05, 0) is 87.9 Å². The molecule has 0 spiro atoms. The van der Waals surface area contributed by atoms with Gasteiger partial charge in [-0.2, -0.15) is 0 Å². The summed E-state index contributed by atoms with van der Waals surface area (Å²) in [6.45, 7) is 3.27. The number of rotatable bonds is 8. The van der Waals surface area contributed by atoms with Gasteiger partial charge in [0, 0.05) is 13.7 Å². The van der Waals surface area contributed by atoms with Gasteiger partial charge < -0.3 is 4.74 Å². The Hall–Kier alpha value is -0.300. The van der Waals surface area contributed by atoms with E-state index in [1.54, 1.807) is 0 Å². The van der Waals surface area contributed by atoms with Gasteiger partial charge in [-0.25, -0.2) is 0 Å². The first-order chi connectivity index (χ1) is 10.8. The zero-order valence-electron chi connectivity index (χ0n) is 15.1. The molecule has 1 nitrogen and oxygen atoms in total. The summed E-state index contributed by atoms with van der Waals surface area (Å²) in [5, 5.41) is 0. The average molecular weight is 307 g/mol. The number of ether oxygens (including phenoxy) is 1. The summed E-state index contributed by atoms with van der Waals surface area (Å²) in [5.74, 6) is 3.81. The molecule has 0 radical (unpaired) electrons. The molecule has 2 aliphatic rings. The molecule has 0 saturated heterocycles. The van der Waals surface area contributed by atoms with Crippen molar-refractivity contribution in [3.05, 3.63) is 12.2 Å². The third-order valence-electron chi connectivity index (χ3n) is 6.16. The summed E-state index contributed by atoms with van der Waals surface area (Å²) in [6.07, 6.45) is 22.1. The van der Waals surface area contributed by atoms with Crippen molar-refractivity contribution in [3.8, 4) is 0 Å². The summed E-state index contributed by atoms with van der Waals surface area (Å²) >= 11 is 0. The maximum Gasteiger partial charge on any atom is 0.0490 e. The number of methoxy groups -OCH3 is 1. The molecule has 0 aliphatic heterocycles. The molecule has 2 aliphatic carbocycles. The molecule has 2 fully saturated rings. The fourth-order valence-electron chi connectivity index (χ4n) is 4.67. The van der Waals surface area contributed by atoms with Gasteiger partial charge in [-0.3, -0.25) is 0 Å². The van der Waals surface area contributed by atoms with E-state index in [9.17, 15) is 0 Å². The Morgan fingerprint density at radius 2 is 1.50 bits per heavy atom. The van der Waals surface area contributed by atoms with Gasteiger partial charge >= 0.3 is 0 Å². The molecule has 0 unspecified atom stereocenters. The van der Waals surface area contributed by atoms with Crippen molar-refractivity contribution in [2.45, 2.75) is 84.0 Å². The lowest BCUT2D eigenvalue weighted by Gasteiger charge is -2.37. The second-order valence-electron chi connectivity index (χ2n) is 7.83. The largest absolute Gasteiger partial charge is 0.384 e. The summed E-state index contributed by atoms with van der Waals surface area (Å²) in [4.78, 5) is 0. The highest BCUT2D eigenvalue weighted by Crippen LogP contribution is 2.41. The van der Waals surface area contributed by atoms with Crippen LogP contribution in [0.3, 0.4) is 0 Å². The Morgan fingerprint density at radius 3 is 2.09 bits per heavy atom. The van der Waals surface area contributed by atoms with Crippen LogP contribution in [-0.2, 0) is 4.74 Å². The maximum absolute atomic E-state index is 5.33. The van der Waals surface area contributed by atoms with E-state index in [2.05, 4.69) is 19.1 Å². The first-order valence-electron chi connectivity index (χ1n) is 9.99. The highest BCUT2D eigenvalue weighted by Gasteiger charge is 2.30. The minimum Gasteiger partial charge on any atom is -0.384 e. The van der Waals surface area contributed by atoms with Crippen molar-refractivity contribution < 1.29 is 4.74 Å². The lowest BCUT2D eigenvalue weighted by molar-refractivity contribution is 0.0957. The highest BCUT2D eigenvalue weighted by molar-refractivity contribution is 4.92. The summed E-state index contributed by atoms with van der Waals surface area (Å²) in [7, 11) is 1.85. The molecule has 0 amide bonds. The monoisotopic (exact) mass is 306 g/mol. The summed E-state index contributed by atoms with van der Waals surface area (Å²) in [6, 6.07) is 0. The summed E-state index contributed by atoms with van der Waals surface area (Å²) < 4.78 is 5.33. The molecule has 0 aromatic rings. The maximum atomic E-state index is 5.33. The van der Waals surface area contributed by atoms with E-state index in [1.165, 1.54) is 77.0 Å². The smallest absolute Gasteiger partial charge is 0.0490 e. The molecular weight excluding hydrogens is 268 g/mol. The van der Waals surface area contributed by atoms with Gasteiger partial charge in [-0.15, -0.1) is 0 Å². The minimum absolute atomic E-state index is 0.851. The second kappa shape index (κ2) is 10.5. The van der Waals surface area contributed by atoms with Gasteiger partial charge in [-0.1, -0.05) is 31.9 Å². The first kappa shape index (κ1) is 18.0. The van der Waals surface area contributed by atoms with Crippen LogP contribution in [0.5, 0.6) is 0 Å². The van der Waals surface area contributed by atoms with Crippen molar-refractivity contribution in [1.82, 2.24) is 0 Å². The van der Waals surface area contributed by atoms with Crippen molar-refractivity contribution in [1.29, 1.82) is 0 Å². The summed E-state index contributed by atoms with van der Waals surface area (Å²) in [5.41, 5.74) is 0. The fourth-order valence-corrected chi connectivity index (χ4v) is 4.67. The highest BCUT2D eigenvalue weighted by atomic mass is 16.5. The van der Waals surface area contributed by atoms with Gasteiger partial charge in [0.2, 0.25) is 0 Å². The first-order valence-corrected chi connectivity index (χ1v) is 9.99. The third kappa shape index (κ3) is 6.07. The van der Waals surface area contributed by atoms with Crippen LogP contribution in [0.1, 0.15) is 84.0 Å². The third-order valence-corrected chi connectivity index (χ3v) is 6.16. The molecular formula is C21H38O. The predicted octanol–water partition coefficient (Wildman–Crippen LogP) is 6.38. The zero-order chi connectivity index (χ0) is 15.6. The van der Waals surface area contributed by atoms with E-state index in [1.807, 2.05) is 7.11 Å². The molecule has 0 aromatic carbocycles. The molecule has 2 saturated carbocycles. The quantitative estimate of drug-likeness (QED) is 0.373. The molecule has 1 heteroatoms. The Kier molecular flexibility index (Phi) is 8.59. The van der Waals surface area contributed by atoms with Crippen molar-refractivity contribution in [3.63, 3.8) is 0 Å². The Balaban J connectivity index is 1.61. The Bertz CT molecular complexity index is 293. The van der Waals surface area contributed by atoms with Crippen LogP contribution in [0, 0.1) is 23.7 Å². The number of allylic oxidation sites excluding steroid dienone is 2. The molecule has 2 rings (SSSR count). The molecule has 22 heavy (non-hydrogen) atoms. The fraction of sp³-hybridized carbons (Fsp3) is 0.905. The van der Waals surface area contributed by atoms with E-state index >= 15 is 0 Å². The molecule has 0 bridgehead atoms.